The average molecular weight is 410 g/mol. The number of hydrogen-bond acceptors (Lipinski definition) is 4. The second-order valence-corrected chi connectivity index (χ2v) is 8.71. The van der Waals surface area contributed by atoms with Crippen molar-refractivity contribution in [3.8, 4) is 0 Å². The first-order valence-corrected chi connectivity index (χ1v) is 10.9. The summed E-state index contributed by atoms with van der Waals surface area (Å²) in [6.07, 6.45) is 4.14. The molecule has 1 saturated carbocycles. The van der Waals surface area contributed by atoms with E-state index in [0.717, 1.165) is 63.1 Å². The molecule has 2 aromatic rings. The van der Waals surface area contributed by atoms with Crippen LogP contribution in [0.25, 0.3) is 0 Å². The van der Waals surface area contributed by atoms with E-state index in [0.29, 0.717) is 18.2 Å². The Hall–Kier alpha value is -2.44. The summed E-state index contributed by atoms with van der Waals surface area (Å²) in [6, 6.07) is 13.2. The van der Waals surface area contributed by atoms with Crippen LogP contribution in [-0.2, 0) is 16.9 Å². The van der Waals surface area contributed by atoms with Crippen LogP contribution in [-0.4, -0.2) is 43.0 Å². The third kappa shape index (κ3) is 3.38. The highest BCUT2D eigenvalue weighted by molar-refractivity contribution is 5.94. The molecule has 2 aliphatic heterocycles. The fourth-order valence-corrected chi connectivity index (χ4v) is 5.53. The number of carbonyl (C=O) groups is 1. The molecule has 1 amide bonds. The van der Waals surface area contributed by atoms with Crippen molar-refractivity contribution >= 4 is 11.6 Å². The van der Waals surface area contributed by atoms with Crippen LogP contribution in [0.4, 0.5) is 10.1 Å². The monoisotopic (exact) mass is 409 g/mol. The molecule has 6 heteroatoms. The van der Waals surface area contributed by atoms with Crippen molar-refractivity contribution in [2.75, 3.05) is 31.1 Å². The number of halogens is 1. The van der Waals surface area contributed by atoms with Crippen molar-refractivity contribution in [1.29, 1.82) is 0 Å². The van der Waals surface area contributed by atoms with Gasteiger partial charge in [0.1, 0.15) is 5.82 Å². The number of carbonyl (C=O) groups excluding carboxylic acids is 1. The summed E-state index contributed by atoms with van der Waals surface area (Å²) in [5, 5.41) is 0. The second-order valence-electron chi connectivity index (χ2n) is 8.71. The fraction of sp³-hybridized carbons (Fsp3) is 0.458. The molecule has 3 aliphatic rings. The van der Waals surface area contributed by atoms with Gasteiger partial charge in [-0.3, -0.25) is 9.69 Å². The molecule has 0 radical (unpaired) electrons. The minimum atomic E-state index is -0.375. The Morgan fingerprint density at radius 2 is 1.73 bits per heavy atom. The zero-order valence-electron chi connectivity index (χ0n) is 17.1. The maximum absolute atomic E-state index is 13.2. The maximum atomic E-state index is 13.2. The van der Waals surface area contributed by atoms with Crippen LogP contribution >= 0.6 is 0 Å². The molecule has 1 spiro atoms. The number of benzene rings is 2. The SMILES string of the molecule is NC(=O)c1cccc2c1COC21CCC(N2CCN(c3ccc(F)cc3)CC2)CC1. The number of nitrogens with two attached hydrogens (primary N) is 1. The summed E-state index contributed by atoms with van der Waals surface area (Å²) < 4.78 is 19.5. The molecule has 0 unspecified atom stereocenters. The molecule has 0 atom stereocenters. The molecule has 5 nitrogen and oxygen atoms in total. The third-order valence-corrected chi connectivity index (χ3v) is 7.21. The van der Waals surface area contributed by atoms with Crippen molar-refractivity contribution < 1.29 is 13.9 Å². The third-order valence-electron chi connectivity index (χ3n) is 7.21. The molecule has 1 aliphatic carbocycles. The molecule has 158 valence electrons. The smallest absolute Gasteiger partial charge is 0.249 e. The largest absolute Gasteiger partial charge is 0.369 e. The lowest BCUT2D eigenvalue weighted by Crippen LogP contribution is -2.52. The van der Waals surface area contributed by atoms with Crippen molar-refractivity contribution in [3.05, 3.63) is 65.0 Å². The first kappa shape index (κ1) is 19.5. The van der Waals surface area contributed by atoms with E-state index in [1.165, 1.54) is 17.7 Å². The van der Waals surface area contributed by atoms with Crippen LogP contribution in [0.1, 0.15) is 47.2 Å². The van der Waals surface area contributed by atoms with E-state index in [-0.39, 0.29) is 17.3 Å². The maximum Gasteiger partial charge on any atom is 0.249 e. The van der Waals surface area contributed by atoms with Gasteiger partial charge in [0.15, 0.2) is 0 Å². The first-order chi connectivity index (χ1) is 14.6. The van der Waals surface area contributed by atoms with Crippen molar-refractivity contribution in [2.24, 2.45) is 5.73 Å². The molecule has 1 saturated heterocycles. The van der Waals surface area contributed by atoms with Gasteiger partial charge in [-0.15, -0.1) is 0 Å². The number of fused-ring (bicyclic) bond motifs is 2. The molecule has 2 fully saturated rings. The van der Waals surface area contributed by atoms with Gasteiger partial charge in [0.25, 0.3) is 0 Å². The zero-order valence-corrected chi connectivity index (χ0v) is 17.1. The minimum Gasteiger partial charge on any atom is -0.369 e. The summed E-state index contributed by atoms with van der Waals surface area (Å²) >= 11 is 0. The molecule has 5 rings (SSSR count). The van der Waals surface area contributed by atoms with E-state index >= 15 is 0 Å². The Bertz CT molecular complexity index is 930. The van der Waals surface area contributed by atoms with Crippen LogP contribution in [0.15, 0.2) is 42.5 Å². The van der Waals surface area contributed by atoms with Crippen molar-refractivity contribution in [1.82, 2.24) is 4.90 Å². The van der Waals surface area contributed by atoms with E-state index in [9.17, 15) is 9.18 Å². The van der Waals surface area contributed by atoms with Gasteiger partial charge in [0.05, 0.1) is 12.2 Å². The van der Waals surface area contributed by atoms with Gasteiger partial charge in [-0.05, 0) is 67.1 Å². The Balaban J connectivity index is 1.21. The highest BCUT2D eigenvalue weighted by Crippen LogP contribution is 2.48. The highest BCUT2D eigenvalue weighted by Gasteiger charge is 2.45. The van der Waals surface area contributed by atoms with Crippen molar-refractivity contribution in [2.45, 2.75) is 43.9 Å². The number of rotatable bonds is 3. The van der Waals surface area contributed by atoms with E-state index in [1.807, 2.05) is 18.2 Å². The number of ether oxygens (including phenoxy) is 1. The predicted molar refractivity (Wildman–Crippen MR) is 114 cm³/mol. The van der Waals surface area contributed by atoms with Gasteiger partial charge in [-0.2, -0.15) is 0 Å². The quantitative estimate of drug-likeness (QED) is 0.844. The highest BCUT2D eigenvalue weighted by atomic mass is 19.1. The molecule has 2 aromatic carbocycles. The van der Waals surface area contributed by atoms with E-state index in [1.54, 1.807) is 6.07 Å². The Kier molecular flexibility index (Phi) is 4.99. The van der Waals surface area contributed by atoms with Gasteiger partial charge < -0.3 is 15.4 Å². The molecular formula is C24H28FN3O2. The lowest BCUT2D eigenvalue weighted by molar-refractivity contribution is -0.0777. The van der Waals surface area contributed by atoms with Gasteiger partial charge in [0, 0.05) is 43.5 Å². The summed E-state index contributed by atoms with van der Waals surface area (Å²) in [6.45, 7) is 4.47. The van der Waals surface area contributed by atoms with Crippen molar-refractivity contribution in [3.63, 3.8) is 0 Å². The summed E-state index contributed by atoms with van der Waals surface area (Å²) in [4.78, 5) is 16.7. The van der Waals surface area contributed by atoms with Crippen LogP contribution < -0.4 is 10.6 Å². The van der Waals surface area contributed by atoms with E-state index < -0.39 is 0 Å². The molecule has 0 aromatic heterocycles. The molecular weight excluding hydrogens is 381 g/mol. The molecule has 0 bridgehead atoms. The number of hydrogen-bond donors (Lipinski definition) is 1. The number of piperazine rings is 1. The van der Waals surface area contributed by atoms with Crippen LogP contribution in [0.2, 0.25) is 0 Å². The Morgan fingerprint density at radius 1 is 1.03 bits per heavy atom. The zero-order chi connectivity index (χ0) is 20.7. The number of nitrogens with zero attached hydrogens (tertiary/aromatic N) is 2. The fourth-order valence-electron chi connectivity index (χ4n) is 5.53. The summed E-state index contributed by atoms with van der Waals surface area (Å²) in [5.41, 5.74) is 9.15. The normalized spacial score (nSPS) is 26.7. The summed E-state index contributed by atoms with van der Waals surface area (Å²) in [7, 11) is 0. The lowest BCUT2D eigenvalue weighted by atomic mass is 9.76. The van der Waals surface area contributed by atoms with Gasteiger partial charge >= 0.3 is 0 Å². The van der Waals surface area contributed by atoms with Gasteiger partial charge in [-0.25, -0.2) is 4.39 Å². The molecule has 2 N–H and O–H groups in total. The van der Waals surface area contributed by atoms with Crippen LogP contribution in [0.5, 0.6) is 0 Å². The van der Waals surface area contributed by atoms with E-state index in [4.69, 9.17) is 10.5 Å². The minimum absolute atomic E-state index is 0.188. The Morgan fingerprint density at radius 3 is 2.40 bits per heavy atom. The number of amides is 1. The van der Waals surface area contributed by atoms with Gasteiger partial charge in [-0.1, -0.05) is 12.1 Å². The molecule has 30 heavy (non-hydrogen) atoms. The number of anilines is 1. The average Bonchev–Trinajstić information content (AvgIpc) is 3.13. The standard InChI is InChI=1S/C24H28FN3O2/c25-17-4-6-18(7-5-17)27-12-14-28(15-13-27)19-8-10-24(11-9-19)22-3-1-2-20(23(26)29)21(22)16-30-24/h1-7,19H,8-16H2,(H2,26,29). The second kappa shape index (κ2) is 7.67. The van der Waals surface area contributed by atoms with Gasteiger partial charge in [0.2, 0.25) is 5.91 Å². The van der Waals surface area contributed by atoms with Crippen LogP contribution in [0.3, 0.4) is 0 Å². The van der Waals surface area contributed by atoms with Crippen LogP contribution in [0, 0.1) is 5.82 Å². The predicted octanol–water partition coefficient (Wildman–Crippen LogP) is 3.41. The summed E-state index contributed by atoms with van der Waals surface area (Å²) in [5.74, 6) is -0.563. The first-order valence-electron chi connectivity index (χ1n) is 10.9. The topological polar surface area (TPSA) is 58.8 Å². The molecule has 2 heterocycles. The van der Waals surface area contributed by atoms with E-state index in [2.05, 4.69) is 15.9 Å². The lowest BCUT2D eigenvalue weighted by Gasteiger charge is -2.45. The number of primary amides is 1. The Labute approximate surface area is 176 Å².